The summed E-state index contributed by atoms with van der Waals surface area (Å²) < 4.78 is 0. The quantitative estimate of drug-likeness (QED) is 0.372. The van der Waals surface area contributed by atoms with E-state index in [1.165, 1.54) is 30.5 Å². The van der Waals surface area contributed by atoms with E-state index in [2.05, 4.69) is 31.1 Å². The first-order chi connectivity index (χ1) is 14.3. The molecule has 2 aromatic heterocycles. The van der Waals surface area contributed by atoms with Crippen LogP contribution in [-0.4, -0.2) is 30.7 Å². The first-order valence-corrected chi connectivity index (χ1v) is 8.41. The molecule has 152 valence electrons. The van der Waals surface area contributed by atoms with Gasteiger partial charge in [-0.15, -0.1) is 0 Å². The predicted molar refractivity (Wildman–Crippen MR) is 105 cm³/mol. The van der Waals surface area contributed by atoms with E-state index in [0.29, 0.717) is 5.02 Å². The summed E-state index contributed by atoms with van der Waals surface area (Å²) in [5.41, 5.74) is 3.97. The van der Waals surface area contributed by atoms with Crippen molar-refractivity contribution in [3.8, 4) is 0 Å². The highest BCUT2D eigenvalue weighted by Gasteiger charge is 2.24. The van der Waals surface area contributed by atoms with Gasteiger partial charge in [0.25, 0.3) is 11.6 Å². The smallest absolute Gasteiger partial charge is 0.319 e. The van der Waals surface area contributed by atoms with E-state index in [1.54, 1.807) is 0 Å². The lowest BCUT2D eigenvalue weighted by atomic mass is 10.2. The van der Waals surface area contributed by atoms with Gasteiger partial charge in [-0.25, -0.2) is 15.0 Å². The summed E-state index contributed by atoms with van der Waals surface area (Å²) in [7, 11) is 0. The van der Waals surface area contributed by atoms with E-state index in [9.17, 15) is 25.0 Å². The van der Waals surface area contributed by atoms with Gasteiger partial charge in [0.1, 0.15) is 12.1 Å². The molecule has 0 bridgehead atoms. The molecule has 3 rings (SSSR count). The Balaban J connectivity index is 1.78. The highest BCUT2D eigenvalue weighted by Crippen LogP contribution is 2.30. The van der Waals surface area contributed by atoms with E-state index in [-0.39, 0.29) is 28.7 Å². The van der Waals surface area contributed by atoms with Crippen LogP contribution in [-0.2, 0) is 0 Å². The van der Waals surface area contributed by atoms with Crippen LogP contribution < -0.4 is 16.2 Å². The molecule has 14 heteroatoms. The summed E-state index contributed by atoms with van der Waals surface area (Å²) >= 11 is 5.76. The highest BCUT2D eigenvalue weighted by atomic mass is 35.5. The van der Waals surface area contributed by atoms with Gasteiger partial charge >= 0.3 is 5.69 Å². The number of nitrogens with zero attached hydrogens (tertiary/aromatic N) is 5. The minimum Gasteiger partial charge on any atom is -0.319 e. The zero-order valence-corrected chi connectivity index (χ0v) is 15.5. The minimum absolute atomic E-state index is 0.0912. The molecular formula is C16H11ClN8O5. The van der Waals surface area contributed by atoms with Gasteiger partial charge in [0.05, 0.1) is 14.9 Å². The van der Waals surface area contributed by atoms with Gasteiger partial charge in [-0.3, -0.25) is 35.9 Å². The van der Waals surface area contributed by atoms with Crippen molar-refractivity contribution in [2.24, 2.45) is 0 Å². The van der Waals surface area contributed by atoms with Crippen molar-refractivity contribution in [3.05, 3.63) is 79.7 Å². The fourth-order valence-corrected chi connectivity index (χ4v) is 2.34. The van der Waals surface area contributed by atoms with Crippen molar-refractivity contribution in [2.75, 3.05) is 10.7 Å². The SMILES string of the molecule is O=C(NNc1ncnc(Nc2ccc(Cl)cn2)c1[N+](=O)[O-])c1ccc([N+](=O)[O-])cc1. The van der Waals surface area contributed by atoms with E-state index in [1.807, 2.05) is 0 Å². The van der Waals surface area contributed by atoms with Gasteiger partial charge in [0.2, 0.25) is 11.6 Å². The Kier molecular flexibility index (Phi) is 5.93. The molecular weight excluding hydrogens is 420 g/mol. The molecule has 0 aliphatic heterocycles. The lowest BCUT2D eigenvalue weighted by Crippen LogP contribution is -2.30. The third kappa shape index (κ3) is 4.71. The van der Waals surface area contributed by atoms with Crippen molar-refractivity contribution in [1.82, 2.24) is 20.4 Å². The van der Waals surface area contributed by atoms with Crippen molar-refractivity contribution in [1.29, 1.82) is 0 Å². The Morgan fingerprint density at radius 1 is 0.933 bits per heavy atom. The molecule has 0 aliphatic rings. The van der Waals surface area contributed by atoms with Gasteiger partial charge < -0.3 is 5.32 Å². The molecule has 1 aromatic carbocycles. The van der Waals surface area contributed by atoms with Crippen LogP contribution in [0.3, 0.4) is 0 Å². The largest absolute Gasteiger partial charge is 0.355 e. The van der Waals surface area contributed by atoms with E-state index in [4.69, 9.17) is 11.6 Å². The molecule has 13 nitrogen and oxygen atoms in total. The standard InChI is InChI=1S/C16H11ClN8O5/c17-10-3-6-12(18-7-10)21-14-13(25(29)30)15(20-8-19-14)22-23-16(26)9-1-4-11(5-2-9)24(27)28/h1-8H,(H,23,26)(H2,18,19,20,21,22). The number of benzene rings is 1. The number of nitro benzene ring substituents is 1. The second-order valence-corrected chi connectivity index (χ2v) is 5.98. The second kappa shape index (κ2) is 8.74. The Bertz CT molecular complexity index is 1110. The zero-order valence-electron chi connectivity index (χ0n) is 14.8. The Morgan fingerprint density at radius 2 is 1.63 bits per heavy atom. The number of rotatable bonds is 7. The summed E-state index contributed by atoms with van der Waals surface area (Å²) in [5.74, 6) is -0.896. The summed E-state index contributed by atoms with van der Waals surface area (Å²) in [6.45, 7) is 0. The molecule has 0 aliphatic carbocycles. The minimum atomic E-state index is -0.737. The number of non-ortho nitro benzene ring substituents is 1. The van der Waals surface area contributed by atoms with Crippen LogP contribution in [0.4, 0.5) is 28.8 Å². The monoisotopic (exact) mass is 430 g/mol. The molecule has 2 heterocycles. The normalized spacial score (nSPS) is 10.2. The number of nitro groups is 2. The third-order valence-electron chi connectivity index (χ3n) is 3.61. The number of amides is 1. The third-order valence-corrected chi connectivity index (χ3v) is 3.84. The number of anilines is 3. The number of carbonyl (C=O) groups excluding carboxylic acids is 1. The van der Waals surface area contributed by atoms with Gasteiger partial charge in [-0.05, 0) is 24.3 Å². The van der Waals surface area contributed by atoms with Gasteiger partial charge in [-0.1, -0.05) is 11.6 Å². The van der Waals surface area contributed by atoms with E-state index < -0.39 is 21.4 Å². The molecule has 30 heavy (non-hydrogen) atoms. The number of hydrogen-bond acceptors (Lipinski definition) is 10. The molecule has 0 spiro atoms. The number of pyridine rings is 1. The fourth-order valence-electron chi connectivity index (χ4n) is 2.23. The average Bonchev–Trinajstić information content (AvgIpc) is 2.73. The number of nitrogens with one attached hydrogen (secondary N) is 3. The van der Waals surface area contributed by atoms with Crippen LogP contribution in [0.5, 0.6) is 0 Å². The average molecular weight is 431 g/mol. The highest BCUT2D eigenvalue weighted by molar-refractivity contribution is 6.30. The van der Waals surface area contributed by atoms with E-state index >= 15 is 0 Å². The molecule has 3 N–H and O–H groups in total. The van der Waals surface area contributed by atoms with E-state index in [0.717, 1.165) is 18.5 Å². The Hall–Kier alpha value is -4.39. The summed E-state index contributed by atoms with van der Waals surface area (Å²) in [6, 6.07) is 7.82. The molecule has 0 unspecified atom stereocenters. The molecule has 0 fully saturated rings. The molecule has 0 saturated heterocycles. The van der Waals surface area contributed by atoms with Crippen molar-refractivity contribution < 1.29 is 14.6 Å². The summed E-state index contributed by atoms with van der Waals surface area (Å²) in [5, 5.41) is 25.3. The van der Waals surface area contributed by atoms with Crippen LogP contribution in [0, 0.1) is 20.2 Å². The molecule has 0 saturated carbocycles. The van der Waals surface area contributed by atoms with Crippen LogP contribution in [0.15, 0.2) is 48.9 Å². The molecule has 0 atom stereocenters. The number of halogens is 1. The summed E-state index contributed by atoms with van der Waals surface area (Å²) in [6.07, 6.45) is 2.39. The number of hydrazine groups is 1. The van der Waals surface area contributed by atoms with Gasteiger partial charge in [0, 0.05) is 23.9 Å². The number of hydrogen-bond donors (Lipinski definition) is 3. The molecule has 0 radical (unpaired) electrons. The first-order valence-electron chi connectivity index (χ1n) is 8.04. The lowest BCUT2D eigenvalue weighted by molar-refractivity contribution is -0.384. The van der Waals surface area contributed by atoms with Gasteiger partial charge in [-0.2, -0.15) is 0 Å². The maximum atomic E-state index is 12.2. The first kappa shape index (κ1) is 20.3. The van der Waals surface area contributed by atoms with Gasteiger partial charge in [0.15, 0.2) is 0 Å². The van der Waals surface area contributed by atoms with Crippen LogP contribution in [0.25, 0.3) is 0 Å². The Morgan fingerprint density at radius 3 is 2.23 bits per heavy atom. The molecule has 1 amide bonds. The topological polar surface area (TPSA) is 178 Å². The molecule has 3 aromatic rings. The fraction of sp³-hybridized carbons (Fsp3) is 0. The van der Waals surface area contributed by atoms with Crippen molar-refractivity contribution in [3.63, 3.8) is 0 Å². The maximum absolute atomic E-state index is 12.2. The maximum Gasteiger partial charge on any atom is 0.355 e. The lowest BCUT2D eigenvalue weighted by Gasteiger charge is -2.10. The number of carbonyl (C=O) groups is 1. The van der Waals surface area contributed by atoms with Crippen molar-refractivity contribution >= 4 is 46.3 Å². The summed E-state index contributed by atoms with van der Waals surface area (Å²) in [4.78, 5) is 44.6. The second-order valence-electron chi connectivity index (χ2n) is 5.55. The van der Waals surface area contributed by atoms with Crippen LogP contribution in [0.1, 0.15) is 10.4 Å². The van der Waals surface area contributed by atoms with Crippen LogP contribution >= 0.6 is 11.6 Å². The number of aromatic nitrogens is 3. The Labute approximate surface area is 172 Å². The predicted octanol–water partition coefficient (Wildman–Crippen LogP) is 2.84. The van der Waals surface area contributed by atoms with Crippen LogP contribution in [0.2, 0.25) is 5.02 Å². The zero-order chi connectivity index (χ0) is 21.7. The van der Waals surface area contributed by atoms with Crippen molar-refractivity contribution in [2.45, 2.75) is 0 Å².